The van der Waals surface area contributed by atoms with E-state index in [9.17, 15) is 9.59 Å². The Kier molecular flexibility index (Phi) is 21.6. The fourth-order valence-electron chi connectivity index (χ4n) is 4.25. The average molecular weight is 485 g/mol. The average Bonchev–Trinajstić information content (AvgIpc) is 2.75. The maximum Gasteiger partial charge on any atom is 0.309 e. The summed E-state index contributed by atoms with van der Waals surface area (Å²) >= 11 is 0. The second kappa shape index (κ2) is 22.4. The van der Waals surface area contributed by atoms with Gasteiger partial charge in [0.1, 0.15) is 6.54 Å². The van der Waals surface area contributed by atoms with Crippen molar-refractivity contribution in [3.8, 4) is 0 Å². The van der Waals surface area contributed by atoms with Gasteiger partial charge in [0.15, 0.2) is 6.10 Å². The molecule has 0 aliphatic rings. The molecule has 202 valence electrons. The first-order chi connectivity index (χ1) is 16.3. The molecule has 0 fully saturated rings. The number of unbranched alkanes of at least 4 members (excludes halogenated alkanes) is 15. The van der Waals surface area contributed by atoms with Gasteiger partial charge in [-0.2, -0.15) is 0 Å². The van der Waals surface area contributed by atoms with Gasteiger partial charge >= 0.3 is 11.9 Å². The molecule has 0 saturated carbocycles. The number of rotatable bonds is 24. The Morgan fingerprint density at radius 2 is 1.06 bits per heavy atom. The van der Waals surface area contributed by atoms with Gasteiger partial charge in [0.2, 0.25) is 0 Å². The van der Waals surface area contributed by atoms with Crippen molar-refractivity contribution in [1.82, 2.24) is 0 Å². The van der Waals surface area contributed by atoms with Crippen molar-refractivity contribution in [3.05, 3.63) is 0 Å². The van der Waals surface area contributed by atoms with Gasteiger partial charge in [0.25, 0.3) is 0 Å². The molecule has 0 radical (unpaired) electrons. The third kappa shape index (κ3) is 24.0. The van der Waals surface area contributed by atoms with E-state index in [4.69, 9.17) is 9.47 Å². The lowest BCUT2D eigenvalue weighted by atomic mass is 10.1. The number of carbonyl (C=O) groups excluding carboxylic acids is 2. The normalized spacial score (nSPS) is 12.5. The van der Waals surface area contributed by atoms with Crippen LogP contribution in [-0.2, 0) is 19.1 Å². The van der Waals surface area contributed by atoms with E-state index in [1.165, 1.54) is 83.5 Å². The van der Waals surface area contributed by atoms with Gasteiger partial charge in [-0.05, 0) is 12.8 Å². The van der Waals surface area contributed by atoms with Gasteiger partial charge in [-0.15, -0.1) is 0 Å². The highest BCUT2D eigenvalue weighted by Gasteiger charge is 2.25. The van der Waals surface area contributed by atoms with Crippen LogP contribution in [-0.4, -0.2) is 56.8 Å². The molecule has 0 aromatic carbocycles. The minimum Gasteiger partial charge on any atom is -0.466 e. The Morgan fingerprint density at radius 3 is 1.53 bits per heavy atom. The monoisotopic (exact) mass is 484 g/mol. The molecule has 34 heavy (non-hydrogen) atoms. The standard InChI is InChI=1S/C29H58NO4/c1-6-8-10-12-14-16-18-20-22-24-33-29(32)25-27(26-30(3,4)5)34-28(31)23-21-19-17-15-13-11-9-7-2/h27H,6-26H2,1-5H3/q+1/t27-/m1/s1. The first kappa shape index (κ1) is 32.9. The number of quaternary nitrogens is 1. The molecule has 0 saturated heterocycles. The lowest BCUT2D eigenvalue weighted by Crippen LogP contribution is -2.44. The first-order valence-electron chi connectivity index (χ1n) is 14.4. The summed E-state index contributed by atoms with van der Waals surface area (Å²) in [5, 5.41) is 0. The summed E-state index contributed by atoms with van der Waals surface area (Å²) in [6, 6.07) is 0. The molecule has 0 rings (SSSR count). The minimum absolute atomic E-state index is 0.149. The van der Waals surface area contributed by atoms with E-state index in [0.717, 1.165) is 25.7 Å². The number of ether oxygens (including phenoxy) is 2. The molecule has 0 amide bonds. The van der Waals surface area contributed by atoms with Gasteiger partial charge in [0, 0.05) is 6.42 Å². The Hall–Kier alpha value is -1.10. The zero-order valence-electron chi connectivity index (χ0n) is 23.5. The second-order valence-electron chi connectivity index (χ2n) is 11.1. The maximum atomic E-state index is 12.4. The topological polar surface area (TPSA) is 52.6 Å². The number of hydrogen-bond donors (Lipinski definition) is 0. The Bertz CT molecular complexity index is 487. The summed E-state index contributed by atoms with van der Waals surface area (Å²) in [6.07, 6.45) is 20.9. The van der Waals surface area contributed by atoms with E-state index in [-0.39, 0.29) is 18.4 Å². The molecule has 0 unspecified atom stereocenters. The van der Waals surface area contributed by atoms with Crippen LogP contribution in [0.15, 0.2) is 0 Å². The second-order valence-corrected chi connectivity index (χ2v) is 11.1. The number of likely N-dealkylation sites (N-methyl/N-ethyl adjacent to an activating group) is 1. The van der Waals surface area contributed by atoms with Crippen molar-refractivity contribution in [2.45, 2.75) is 142 Å². The third-order valence-corrected chi connectivity index (χ3v) is 6.19. The van der Waals surface area contributed by atoms with E-state index in [2.05, 4.69) is 13.8 Å². The summed E-state index contributed by atoms with van der Waals surface area (Å²) < 4.78 is 11.8. The highest BCUT2D eigenvalue weighted by Crippen LogP contribution is 2.13. The van der Waals surface area contributed by atoms with Crippen LogP contribution in [0.4, 0.5) is 0 Å². The smallest absolute Gasteiger partial charge is 0.309 e. The van der Waals surface area contributed by atoms with Gasteiger partial charge < -0.3 is 14.0 Å². The van der Waals surface area contributed by atoms with E-state index in [1.54, 1.807) is 0 Å². The summed E-state index contributed by atoms with van der Waals surface area (Å²) in [6.45, 7) is 5.55. The van der Waals surface area contributed by atoms with Gasteiger partial charge in [-0.1, -0.05) is 110 Å². The molecule has 0 spiro atoms. The number of esters is 2. The fraction of sp³-hybridized carbons (Fsp3) is 0.931. The van der Waals surface area contributed by atoms with Crippen LogP contribution >= 0.6 is 0 Å². The SMILES string of the molecule is CCCCCCCCCCCOC(=O)C[C@H](C[N+](C)(C)C)OC(=O)CCCCCCCCCC. The summed E-state index contributed by atoms with van der Waals surface area (Å²) in [4.78, 5) is 24.7. The van der Waals surface area contributed by atoms with Crippen LogP contribution in [0.25, 0.3) is 0 Å². The van der Waals surface area contributed by atoms with Crippen molar-refractivity contribution >= 4 is 11.9 Å². The summed E-state index contributed by atoms with van der Waals surface area (Å²) in [5.41, 5.74) is 0. The van der Waals surface area contributed by atoms with E-state index in [0.29, 0.717) is 24.1 Å². The molecule has 0 N–H and O–H groups in total. The first-order valence-corrected chi connectivity index (χ1v) is 14.4. The molecule has 0 bridgehead atoms. The predicted molar refractivity (Wildman–Crippen MR) is 143 cm³/mol. The predicted octanol–water partition coefficient (Wildman–Crippen LogP) is 7.60. The van der Waals surface area contributed by atoms with Crippen molar-refractivity contribution in [2.24, 2.45) is 0 Å². The van der Waals surface area contributed by atoms with Crippen molar-refractivity contribution in [2.75, 3.05) is 34.3 Å². The molecule has 0 aromatic rings. The van der Waals surface area contributed by atoms with Crippen LogP contribution < -0.4 is 0 Å². The van der Waals surface area contributed by atoms with Gasteiger partial charge in [-0.25, -0.2) is 0 Å². The Morgan fingerprint density at radius 1 is 0.618 bits per heavy atom. The summed E-state index contributed by atoms with van der Waals surface area (Å²) in [7, 11) is 6.15. The minimum atomic E-state index is -0.419. The third-order valence-electron chi connectivity index (χ3n) is 6.19. The van der Waals surface area contributed by atoms with Crippen LogP contribution in [0.5, 0.6) is 0 Å². The van der Waals surface area contributed by atoms with Gasteiger partial charge in [0.05, 0.1) is 34.2 Å². The molecule has 0 aliphatic heterocycles. The van der Waals surface area contributed by atoms with E-state index >= 15 is 0 Å². The van der Waals surface area contributed by atoms with Crippen molar-refractivity contribution in [1.29, 1.82) is 0 Å². The molecule has 0 aliphatic carbocycles. The molecule has 1 atom stereocenters. The zero-order valence-corrected chi connectivity index (χ0v) is 23.5. The Labute approximate surface area is 211 Å². The molecular formula is C29H58NO4+. The number of carbonyl (C=O) groups is 2. The number of hydrogen-bond acceptors (Lipinski definition) is 4. The highest BCUT2D eigenvalue weighted by atomic mass is 16.6. The van der Waals surface area contributed by atoms with Crippen LogP contribution in [0.2, 0.25) is 0 Å². The van der Waals surface area contributed by atoms with Crippen LogP contribution in [0.3, 0.4) is 0 Å². The van der Waals surface area contributed by atoms with Gasteiger partial charge in [-0.3, -0.25) is 9.59 Å². The van der Waals surface area contributed by atoms with Crippen LogP contribution in [0.1, 0.15) is 136 Å². The zero-order chi connectivity index (χ0) is 25.5. The molecule has 5 heteroatoms. The molecule has 0 aromatic heterocycles. The number of nitrogens with zero attached hydrogens (tertiary/aromatic N) is 1. The lowest BCUT2D eigenvalue weighted by Gasteiger charge is -2.28. The highest BCUT2D eigenvalue weighted by molar-refractivity contribution is 5.72. The molecular weight excluding hydrogens is 426 g/mol. The largest absolute Gasteiger partial charge is 0.466 e. The quantitative estimate of drug-likeness (QED) is 0.0804. The summed E-state index contributed by atoms with van der Waals surface area (Å²) in [5.74, 6) is -0.436. The molecule has 5 nitrogen and oxygen atoms in total. The molecule has 0 heterocycles. The van der Waals surface area contributed by atoms with Crippen molar-refractivity contribution in [3.63, 3.8) is 0 Å². The van der Waals surface area contributed by atoms with Crippen molar-refractivity contribution < 1.29 is 23.5 Å². The lowest BCUT2D eigenvalue weighted by molar-refractivity contribution is -0.873. The Balaban J connectivity index is 4.04. The maximum absolute atomic E-state index is 12.4. The van der Waals surface area contributed by atoms with E-state index < -0.39 is 6.10 Å². The van der Waals surface area contributed by atoms with E-state index in [1.807, 2.05) is 21.1 Å². The fourth-order valence-corrected chi connectivity index (χ4v) is 4.25. The van der Waals surface area contributed by atoms with Crippen LogP contribution in [0, 0.1) is 0 Å².